The van der Waals surface area contributed by atoms with Crippen LogP contribution in [0.2, 0.25) is 0 Å². The van der Waals surface area contributed by atoms with Gasteiger partial charge in [-0.25, -0.2) is 0 Å². The number of pyridine rings is 1. The molecule has 0 amide bonds. The number of ether oxygens (including phenoxy) is 1. The van der Waals surface area contributed by atoms with E-state index in [1.807, 2.05) is 36.4 Å². The minimum absolute atomic E-state index is 0.0184. The van der Waals surface area contributed by atoms with Gasteiger partial charge < -0.3 is 0 Å². The molecule has 0 spiro atoms. The zero-order valence-electron chi connectivity index (χ0n) is 48.8. The smallest absolute Gasteiger partial charge is 0.0622 e. The van der Waals surface area contributed by atoms with Gasteiger partial charge >= 0.3 is 346 Å². The van der Waals surface area contributed by atoms with Crippen molar-refractivity contribution < 1.29 is 28.2 Å². The summed E-state index contributed by atoms with van der Waals surface area (Å²) in [4.78, 5) is 5.10. The second-order valence-corrected chi connectivity index (χ2v) is 25.5. The summed E-state index contributed by atoms with van der Waals surface area (Å²) in [5.74, 6) is 1.87. The third-order valence-corrected chi connectivity index (χ3v) is 17.3. The summed E-state index contributed by atoms with van der Waals surface area (Å²) in [6.45, 7) is 20.8. The Balaban J connectivity index is 1.02. The minimum Gasteiger partial charge on any atom is -0.0622 e. The van der Waals surface area contributed by atoms with Crippen LogP contribution in [0.25, 0.3) is 83.4 Å². The van der Waals surface area contributed by atoms with E-state index in [4.69, 9.17) is 13.8 Å². The van der Waals surface area contributed by atoms with E-state index in [1.54, 1.807) is 12.3 Å². The number of aromatic nitrogens is 4. The van der Waals surface area contributed by atoms with Crippen molar-refractivity contribution in [2.45, 2.75) is 111 Å². The molecule has 0 unspecified atom stereocenters. The first-order chi connectivity index (χ1) is 38.0. The molecule has 11 aromatic rings. The molecule has 0 bridgehead atoms. The van der Waals surface area contributed by atoms with Crippen molar-refractivity contribution in [2.24, 2.45) is 0 Å². The molecule has 77 heavy (non-hydrogen) atoms. The van der Waals surface area contributed by atoms with E-state index in [2.05, 4.69) is 242 Å². The Morgan fingerprint density at radius 1 is 0.494 bits per heavy atom. The summed E-state index contributed by atoms with van der Waals surface area (Å²) in [6, 6.07) is 64.2. The summed E-state index contributed by atoms with van der Waals surface area (Å²) < 4.78 is 41.3. The van der Waals surface area contributed by atoms with E-state index in [0.717, 1.165) is 83.1 Å². The molecule has 5 nitrogen and oxygen atoms in total. The maximum atomic E-state index is 8.79. The van der Waals surface area contributed by atoms with Crippen LogP contribution in [0.3, 0.4) is 0 Å². The number of hydrogen-bond donors (Lipinski definition) is 0. The summed E-state index contributed by atoms with van der Waals surface area (Å²) in [5, 5.41) is 2.14. The third kappa shape index (κ3) is 8.95. The Labute approximate surface area is 469 Å². The van der Waals surface area contributed by atoms with Crippen molar-refractivity contribution in [1.82, 2.24) is 18.7 Å². The summed E-state index contributed by atoms with van der Waals surface area (Å²) in [5.41, 5.74) is 17.4. The number of para-hydroxylation sites is 3. The Bertz CT molecular complexity index is 4270. The van der Waals surface area contributed by atoms with E-state index in [0.29, 0.717) is 22.9 Å². The van der Waals surface area contributed by atoms with Crippen LogP contribution in [0.15, 0.2) is 188 Å². The van der Waals surface area contributed by atoms with Gasteiger partial charge in [-0.15, -0.1) is 0 Å². The predicted octanol–water partition coefficient (Wildman–Crippen LogP) is 19.0. The fourth-order valence-electron chi connectivity index (χ4n) is 11.7. The average Bonchev–Trinajstić information content (AvgIpc) is 3.96. The summed E-state index contributed by atoms with van der Waals surface area (Å²) >= 11 is 2.52. The molecule has 0 saturated heterocycles. The van der Waals surface area contributed by atoms with Crippen molar-refractivity contribution in [3.05, 3.63) is 220 Å². The summed E-state index contributed by atoms with van der Waals surface area (Å²) in [6.07, 6.45) is 3.88. The fraction of sp³-hybridized carbons (Fsp3) is 0.239. The van der Waals surface area contributed by atoms with Crippen LogP contribution in [0.4, 0.5) is 0 Å². The molecular weight excluding hydrogens is 1120 g/mol. The van der Waals surface area contributed by atoms with Crippen molar-refractivity contribution in [3.63, 3.8) is 0 Å². The standard InChI is InChI=1S/C71H68N4O.Pt/c1-46-36-66(72-44-59(46)48-24-16-13-17-25-48)75-64-41-54(32-33-57(64)58-42-60-61(43-65(58)75)71(10,11)35-34-70(60,8)9)76-53-27-20-26-52(40-53)73-45-74(63-31-19-18-30-62(63)73)67-55(47-22-14-12-15-23-47)28-21-29-56(67)49-37-50(68(2,3)4)39-51(38-49)69(5,6)7;/h12-33,36-44H,34-35H2,1-11H3;/i1D3;. The SMILES string of the molecule is [2H]C([2H])([2H])c1cc(-n2c3cc(Oc4cccc(-n5[c](=[Pt])n(-c6c(-c7ccccc7)cccc6-c6cc(C(C)(C)C)cc(C(C)(C)C)c6)c6ccccc65)c4)ccc3c3cc4c(cc32)C(C)(C)CCC4(C)C)ncc1-c1ccccc1. The zero-order valence-corrected chi connectivity index (χ0v) is 48.1. The molecular formula is C71H68N4OPt. The third-order valence-electron chi connectivity index (χ3n) is 16.3. The first-order valence-electron chi connectivity index (χ1n) is 28.5. The van der Waals surface area contributed by atoms with E-state index in [1.165, 1.54) is 27.8 Å². The predicted molar refractivity (Wildman–Crippen MR) is 318 cm³/mol. The van der Waals surface area contributed by atoms with Gasteiger partial charge in [-0.1, -0.05) is 58.0 Å². The van der Waals surface area contributed by atoms with Crippen molar-refractivity contribution in [2.75, 3.05) is 0 Å². The Hall–Kier alpha value is -7.33. The van der Waals surface area contributed by atoms with Crippen LogP contribution in [-0.4, -0.2) is 18.7 Å². The van der Waals surface area contributed by atoms with Crippen molar-refractivity contribution in [1.29, 1.82) is 0 Å². The van der Waals surface area contributed by atoms with Crippen molar-refractivity contribution >= 4 is 32.8 Å². The molecule has 3 heterocycles. The monoisotopic (exact) mass is 1190 g/mol. The van der Waals surface area contributed by atoms with E-state index >= 15 is 0 Å². The minimum atomic E-state index is -2.39. The number of benzene rings is 8. The van der Waals surface area contributed by atoms with Crippen LogP contribution < -0.4 is 4.74 Å². The molecule has 1 aliphatic carbocycles. The topological polar surface area (TPSA) is 36.9 Å². The Morgan fingerprint density at radius 3 is 1.69 bits per heavy atom. The van der Waals surface area contributed by atoms with Gasteiger partial charge in [0.15, 0.2) is 0 Å². The number of rotatable bonds is 8. The van der Waals surface area contributed by atoms with E-state index in [9.17, 15) is 0 Å². The molecule has 0 atom stereocenters. The Morgan fingerprint density at radius 2 is 1.05 bits per heavy atom. The summed E-state index contributed by atoms with van der Waals surface area (Å²) in [7, 11) is 0. The van der Waals surface area contributed by atoms with Gasteiger partial charge in [0, 0.05) is 15.9 Å². The Kier molecular flexibility index (Phi) is 11.4. The van der Waals surface area contributed by atoms with Crippen LogP contribution >= 0.6 is 0 Å². The quantitative estimate of drug-likeness (QED) is 0.152. The second kappa shape index (κ2) is 18.7. The molecule has 6 heteroatoms. The number of imidazole rings is 1. The zero-order chi connectivity index (χ0) is 56.3. The van der Waals surface area contributed by atoms with Gasteiger partial charge in [-0.2, -0.15) is 0 Å². The normalized spacial score (nSPS) is 15.1. The average molecular weight is 1190 g/mol. The molecule has 3 aromatic heterocycles. The van der Waals surface area contributed by atoms with Crippen LogP contribution in [-0.2, 0) is 41.0 Å². The molecule has 0 N–H and O–H groups in total. The molecule has 12 rings (SSSR count). The van der Waals surface area contributed by atoms with Crippen LogP contribution in [0.5, 0.6) is 11.5 Å². The number of aryl methyl sites for hydroxylation is 1. The molecule has 388 valence electrons. The first kappa shape index (κ1) is 46.9. The van der Waals surface area contributed by atoms with Crippen molar-refractivity contribution in [3.8, 4) is 62.1 Å². The van der Waals surface area contributed by atoms with Crippen LogP contribution in [0, 0.1) is 10.7 Å². The molecule has 0 fully saturated rings. The van der Waals surface area contributed by atoms with Gasteiger partial charge in [0.1, 0.15) is 0 Å². The molecule has 0 saturated carbocycles. The number of fused-ring (bicyclic) bond motifs is 5. The van der Waals surface area contributed by atoms with Gasteiger partial charge in [-0.05, 0) is 52.8 Å². The molecule has 8 aromatic carbocycles. The van der Waals surface area contributed by atoms with E-state index < -0.39 is 6.85 Å². The first-order valence-corrected chi connectivity index (χ1v) is 28.1. The molecule has 0 radical (unpaired) electrons. The van der Waals surface area contributed by atoms with Gasteiger partial charge in [0.2, 0.25) is 0 Å². The maximum absolute atomic E-state index is 8.79. The van der Waals surface area contributed by atoms with Crippen LogP contribution in [0.1, 0.15) is 114 Å². The van der Waals surface area contributed by atoms with Gasteiger partial charge in [0.25, 0.3) is 0 Å². The van der Waals surface area contributed by atoms with Gasteiger partial charge in [0.05, 0.1) is 0 Å². The van der Waals surface area contributed by atoms with Gasteiger partial charge in [-0.3, -0.25) is 0 Å². The molecule has 1 aliphatic rings. The molecule has 0 aliphatic heterocycles. The number of hydrogen-bond acceptors (Lipinski definition) is 2. The number of nitrogens with zero attached hydrogens (tertiary/aromatic N) is 4. The second-order valence-electron chi connectivity index (χ2n) is 24.5. The fourth-order valence-corrected chi connectivity index (χ4v) is 12.8. The van der Waals surface area contributed by atoms with E-state index in [-0.39, 0.29) is 27.2 Å².